The van der Waals surface area contributed by atoms with Crippen LogP contribution in [-0.4, -0.2) is 13.3 Å². The fourth-order valence-corrected chi connectivity index (χ4v) is 7.44. The molecular weight excluding hydrogens is 462 g/mol. The van der Waals surface area contributed by atoms with Gasteiger partial charge in [0, 0.05) is 0 Å². The molecular formula is C34H54F2O. The zero-order valence-electron chi connectivity index (χ0n) is 23.7. The fraction of sp³-hybridized carbons (Fsp3) is 0.765. The van der Waals surface area contributed by atoms with Gasteiger partial charge in [-0.05, 0) is 131 Å². The highest BCUT2D eigenvalue weighted by Crippen LogP contribution is 2.49. The quantitative estimate of drug-likeness (QED) is 0.0910. The van der Waals surface area contributed by atoms with Crippen LogP contribution in [0.4, 0.5) is 8.78 Å². The lowest BCUT2D eigenvalue weighted by Crippen LogP contribution is -2.34. The number of unbranched alkanes of at least 4 members (excludes halogenated alkanes) is 3. The Morgan fingerprint density at radius 1 is 0.784 bits per heavy atom. The number of fused-ring (bicyclic) bond motifs is 1. The van der Waals surface area contributed by atoms with Crippen molar-refractivity contribution in [2.75, 3.05) is 13.3 Å². The SMILES string of the molecule is C=CCCC/C=C\CC/C=C\C(OCC1CCC(C2CCC3CC(CCC)CCC3C2)CC1)=C(\F)CF. The molecule has 4 unspecified atom stereocenters. The predicted octanol–water partition coefficient (Wildman–Crippen LogP) is 10.8. The minimum Gasteiger partial charge on any atom is -0.490 e. The summed E-state index contributed by atoms with van der Waals surface area (Å²) in [5.74, 6) is 4.57. The van der Waals surface area contributed by atoms with Gasteiger partial charge >= 0.3 is 0 Å². The summed E-state index contributed by atoms with van der Waals surface area (Å²) in [6, 6.07) is 0. The van der Waals surface area contributed by atoms with Crippen LogP contribution in [0.3, 0.4) is 0 Å². The monoisotopic (exact) mass is 516 g/mol. The molecule has 0 spiro atoms. The molecule has 0 aromatic rings. The number of hydrogen-bond acceptors (Lipinski definition) is 1. The molecule has 0 bridgehead atoms. The summed E-state index contributed by atoms with van der Waals surface area (Å²) in [6.45, 7) is 5.48. The second-order valence-corrected chi connectivity index (χ2v) is 12.2. The van der Waals surface area contributed by atoms with Crippen LogP contribution in [-0.2, 0) is 4.74 Å². The van der Waals surface area contributed by atoms with Gasteiger partial charge in [0.05, 0.1) is 6.61 Å². The Balaban J connectivity index is 1.35. The smallest absolute Gasteiger partial charge is 0.173 e. The van der Waals surface area contributed by atoms with Crippen LogP contribution in [0, 0.1) is 35.5 Å². The summed E-state index contributed by atoms with van der Waals surface area (Å²) in [6.07, 6.45) is 31.3. The summed E-state index contributed by atoms with van der Waals surface area (Å²) in [5.41, 5.74) is 0. The van der Waals surface area contributed by atoms with E-state index in [0.29, 0.717) is 12.5 Å². The van der Waals surface area contributed by atoms with E-state index in [-0.39, 0.29) is 5.76 Å². The molecule has 4 atom stereocenters. The molecule has 0 saturated heterocycles. The van der Waals surface area contributed by atoms with E-state index in [0.717, 1.165) is 61.7 Å². The molecule has 0 aliphatic heterocycles. The van der Waals surface area contributed by atoms with Crippen LogP contribution < -0.4 is 0 Å². The lowest BCUT2D eigenvalue weighted by molar-refractivity contribution is 0.0506. The lowest BCUT2D eigenvalue weighted by Gasteiger charge is -2.45. The molecule has 0 radical (unpaired) electrons. The van der Waals surface area contributed by atoms with Gasteiger partial charge in [0.2, 0.25) is 0 Å². The zero-order valence-corrected chi connectivity index (χ0v) is 23.7. The average Bonchev–Trinajstić information content (AvgIpc) is 2.93. The topological polar surface area (TPSA) is 9.23 Å². The molecule has 3 heteroatoms. The second-order valence-electron chi connectivity index (χ2n) is 12.2. The number of alkyl halides is 1. The molecule has 0 aromatic heterocycles. The normalized spacial score (nSPS) is 31.3. The van der Waals surface area contributed by atoms with Crippen LogP contribution >= 0.6 is 0 Å². The van der Waals surface area contributed by atoms with E-state index < -0.39 is 12.5 Å². The Morgan fingerprint density at radius 3 is 2.14 bits per heavy atom. The highest BCUT2D eigenvalue weighted by atomic mass is 19.2. The molecule has 3 saturated carbocycles. The van der Waals surface area contributed by atoms with E-state index in [9.17, 15) is 8.78 Å². The van der Waals surface area contributed by atoms with E-state index in [1.165, 1.54) is 77.0 Å². The number of allylic oxidation sites excluding steroid dienone is 6. The third-order valence-corrected chi connectivity index (χ3v) is 9.59. The first-order valence-corrected chi connectivity index (χ1v) is 15.6. The molecule has 0 heterocycles. The second kappa shape index (κ2) is 17.3. The maximum Gasteiger partial charge on any atom is 0.173 e. The van der Waals surface area contributed by atoms with Crippen molar-refractivity contribution < 1.29 is 13.5 Å². The molecule has 0 amide bonds. The van der Waals surface area contributed by atoms with E-state index in [2.05, 4.69) is 25.7 Å². The maximum atomic E-state index is 14.1. The number of hydrogen-bond donors (Lipinski definition) is 0. The molecule has 210 valence electrons. The van der Waals surface area contributed by atoms with Gasteiger partial charge in [0.15, 0.2) is 11.6 Å². The number of halogens is 2. The van der Waals surface area contributed by atoms with Gasteiger partial charge in [-0.2, -0.15) is 0 Å². The van der Waals surface area contributed by atoms with Crippen molar-refractivity contribution in [2.24, 2.45) is 35.5 Å². The van der Waals surface area contributed by atoms with E-state index >= 15 is 0 Å². The summed E-state index contributed by atoms with van der Waals surface area (Å²) >= 11 is 0. The van der Waals surface area contributed by atoms with Crippen LogP contribution in [0.25, 0.3) is 0 Å². The van der Waals surface area contributed by atoms with Crippen molar-refractivity contribution >= 4 is 0 Å². The van der Waals surface area contributed by atoms with Crippen molar-refractivity contribution in [3.05, 3.63) is 48.5 Å². The van der Waals surface area contributed by atoms with Gasteiger partial charge in [0.25, 0.3) is 0 Å². The third-order valence-electron chi connectivity index (χ3n) is 9.59. The van der Waals surface area contributed by atoms with Crippen molar-refractivity contribution in [3.63, 3.8) is 0 Å². The first-order valence-electron chi connectivity index (χ1n) is 15.6. The van der Waals surface area contributed by atoms with Gasteiger partial charge in [-0.25, -0.2) is 8.78 Å². The molecule has 0 N–H and O–H groups in total. The van der Waals surface area contributed by atoms with Gasteiger partial charge in [-0.1, -0.05) is 50.5 Å². The summed E-state index contributed by atoms with van der Waals surface area (Å²) in [4.78, 5) is 0. The van der Waals surface area contributed by atoms with Gasteiger partial charge in [0.1, 0.15) is 6.67 Å². The van der Waals surface area contributed by atoms with Gasteiger partial charge in [-0.3, -0.25) is 0 Å². The summed E-state index contributed by atoms with van der Waals surface area (Å²) in [5, 5.41) is 0. The molecule has 3 rings (SSSR count). The maximum absolute atomic E-state index is 14.1. The lowest BCUT2D eigenvalue weighted by atomic mass is 9.60. The molecule has 3 aliphatic rings. The Bertz CT molecular complexity index is 730. The van der Waals surface area contributed by atoms with E-state index in [4.69, 9.17) is 4.74 Å². The Labute approximate surface area is 226 Å². The average molecular weight is 517 g/mol. The fourth-order valence-electron chi connectivity index (χ4n) is 7.44. The number of rotatable bonds is 15. The van der Waals surface area contributed by atoms with Crippen molar-refractivity contribution in [1.82, 2.24) is 0 Å². The standard InChI is InChI=1S/C34H54F2O/c1-3-5-6-7-8-9-10-11-12-14-34(33(36)25-35)37-26-28-16-18-29(19-17-28)31-22-21-30-23-27(13-4-2)15-20-32(30)24-31/h3,8-9,12,14,27-32H,1,4-7,10-11,13,15-26H2,2H3/b9-8-,14-12-,34-33-. The minimum absolute atomic E-state index is 0.0941. The number of ether oxygens (including phenoxy) is 1. The van der Waals surface area contributed by atoms with Crippen molar-refractivity contribution in [3.8, 4) is 0 Å². The highest BCUT2D eigenvalue weighted by molar-refractivity contribution is 5.16. The molecule has 37 heavy (non-hydrogen) atoms. The van der Waals surface area contributed by atoms with Crippen molar-refractivity contribution in [2.45, 2.75) is 116 Å². The van der Waals surface area contributed by atoms with Crippen LogP contribution in [0.5, 0.6) is 0 Å². The zero-order chi connectivity index (χ0) is 26.3. The first kappa shape index (κ1) is 30.2. The van der Waals surface area contributed by atoms with E-state index in [1.54, 1.807) is 6.08 Å². The molecule has 3 aliphatic carbocycles. The van der Waals surface area contributed by atoms with Crippen LogP contribution in [0.2, 0.25) is 0 Å². The largest absolute Gasteiger partial charge is 0.490 e. The van der Waals surface area contributed by atoms with E-state index in [1.807, 2.05) is 12.2 Å². The van der Waals surface area contributed by atoms with Crippen molar-refractivity contribution in [1.29, 1.82) is 0 Å². The third kappa shape index (κ3) is 10.4. The molecule has 0 aromatic carbocycles. The van der Waals surface area contributed by atoms with Gasteiger partial charge in [-0.15, -0.1) is 6.58 Å². The van der Waals surface area contributed by atoms with Crippen LogP contribution in [0.1, 0.15) is 116 Å². The van der Waals surface area contributed by atoms with Crippen LogP contribution in [0.15, 0.2) is 48.5 Å². The predicted molar refractivity (Wildman–Crippen MR) is 154 cm³/mol. The molecule has 3 fully saturated rings. The van der Waals surface area contributed by atoms with Gasteiger partial charge < -0.3 is 4.74 Å². The summed E-state index contributed by atoms with van der Waals surface area (Å²) < 4.78 is 33.0. The minimum atomic E-state index is -1.10. The Kier molecular flexibility index (Phi) is 14.1. The Morgan fingerprint density at radius 2 is 1.41 bits per heavy atom. The summed E-state index contributed by atoms with van der Waals surface area (Å²) in [7, 11) is 0. The molecule has 1 nitrogen and oxygen atoms in total. The highest BCUT2D eigenvalue weighted by Gasteiger charge is 2.38. The Hall–Kier alpha value is -1.38. The first-order chi connectivity index (χ1) is 18.1.